The van der Waals surface area contributed by atoms with E-state index in [9.17, 15) is 9.59 Å². The van der Waals surface area contributed by atoms with E-state index in [0.29, 0.717) is 11.9 Å². The lowest BCUT2D eigenvalue weighted by Gasteiger charge is -2.38. The van der Waals surface area contributed by atoms with Gasteiger partial charge in [0.05, 0.1) is 17.3 Å². The Kier molecular flexibility index (Phi) is 6.18. The number of carbonyl (C=O) groups is 1. The normalized spacial score (nSPS) is 30.4. The Morgan fingerprint density at radius 2 is 1.74 bits per heavy atom. The van der Waals surface area contributed by atoms with Crippen molar-refractivity contribution in [1.82, 2.24) is 19.8 Å². The highest BCUT2D eigenvalue weighted by Gasteiger charge is 2.37. The molecule has 0 aromatic carbocycles. The third-order valence-corrected chi connectivity index (χ3v) is 8.42. The van der Waals surface area contributed by atoms with Crippen molar-refractivity contribution in [2.45, 2.75) is 103 Å². The first-order valence-corrected chi connectivity index (χ1v) is 12.8. The molecule has 4 aliphatic rings. The van der Waals surface area contributed by atoms with Gasteiger partial charge < -0.3 is 9.88 Å². The monoisotopic (exact) mass is 426 g/mol. The number of amides is 1. The molecule has 2 aliphatic carbocycles. The van der Waals surface area contributed by atoms with E-state index in [2.05, 4.69) is 16.8 Å². The lowest BCUT2D eigenvalue weighted by atomic mass is 9.86. The van der Waals surface area contributed by atoms with Crippen LogP contribution in [0.2, 0.25) is 0 Å². The Morgan fingerprint density at radius 1 is 0.968 bits per heavy atom. The lowest BCUT2D eigenvalue weighted by Crippen LogP contribution is -2.44. The van der Waals surface area contributed by atoms with Crippen LogP contribution in [0.15, 0.2) is 4.79 Å². The van der Waals surface area contributed by atoms with Gasteiger partial charge in [0.15, 0.2) is 0 Å². The number of aromatic nitrogens is 2. The summed E-state index contributed by atoms with van der Waals surface area (Å²) in [6.45, 7) is 4.88. The van der Waals surface area contributed by atoms with Gasteiger partial charge in [-0.15, -0.1) is 0 Å². The molecule has 1 aromatic rings. The van der Waals surface area contributed by atoms with Gasteiger partial charge in [-0.25, -0.2) is 4.98 Å². The van der Waals surface area contributed by atoms with Crippen LogP contribution in [0.4, 0.5) is 0 Å². The van der Waals surface area contributed by atoms with Crippen molar-refractivity contribution >= 4 is 5.91 Å². The van der Waals surface area contributed by atoms with E-state index in [-0.39, 0.29) is 17.5 Å². The Morgan fingerprint density at radius 3 is 2.52 bits per heavy atom. The first kappa shape index (κ1) is 21.2. The van der Waals surface area contributed by atoms with E-state index in [0.717, 1.165) is 74.7 Å². The molecule has 2 aliphatic heterocycles. The summed E-state index contributed by atoms with van der Waals surface area (Å²) in [6.07, 6.45) is 13.5. The molecule has 5 rings (SSSR count). The molecule has 3 fully saturated rings. The minimum atomic E-state index is -0.0507. The van der Waals surface area contributed by atoms with E-state index >= 15 is 0 Å². The molecular formula is C25H38N4O2. The fourth-order valence-corrected chi connectivity index (χ4v) is 6.44. The SMILES string of the molecule is CC1CCC(N2CCc3nc([C@H]4CCCN4C(=O)C4CCCCC4)[nH]c(=O)c3C2)CC1. The predicted molar refractivity (Wildman–Crippen MR) is 121 cm³/mol. The van der Waals surface area contributed by atoms with Gasteiger partial charge in [0.25, 0.3) is 5.56 Å². The fraction of sp³-hybridized carbons (Fsp3) is 0.800. The number of carbonyl (C=O) groups excluding carboxylic acids is 1. The molecule has 1 N–H and O–H groups in total. The van der Waals surface area contributed by atoms with Gasteiger partial charge in [-0.05, 0) is 57.3 Å². The van der Waals surface area contributed by atoms with Crippen molar-refractivity contribution in [3.8, 4) is 0 Å². The topological polar surface area (TPSA) is 69.3 Å². The van der Waals surface area contributed by atoms with Crippen LogP contribution in [0.5, 0.6) is 0 Å². The summed E-state index contributed by atoms with van der Waals surface area (Å²) in [7, 11) is 0. The zero-order chi connectivity index (χ0) is 21.4. The largest absolute Gasteiger partial charge is 0.332 e. The highest BCUT2D eigenvalue weighted by atomic mass is 16.2. The average Bonchev–Trinajstić information content (AvgIpc) is 3.29. The Bertz CT molecular complexity index is 852. The first-order chi connectivity index (χ1) is 15.1. The summed E-state index contributed by atoms with van der Waals surface area (Å²) >= 11 is 0. The lowest BCUT2D eigenvalue weighted by molar-refractivity contribution is -0.137. The third kappa shape index (κ3) is 4.33. The molecule has 31 heavy (non-hydrogen) atoms. The summed E-state index contributed by atoms with van der Waals surface area (Å²) in [6, 6.07) is 0.562. The van der Waals surface area contributed by atoms with Crippen LogP contribution in [0.1, 0.15) is 101 Å². The minimum Gasteiger partial charge on any atom is -0.332 e. The van der Waals surface area contributed by atoms with Crippen LogP contribution >= 0.6 is 0 Å². The van der Waals surface area contributed by atoms with Gasteiger partial charge in [-0.1, -0.05) is 26.2 Å². The Hall–Kier alpha value is -1.69. The number of aromatic amines is 1. The van der Waals surface area contributed by atoms with Crippen LogP contribution < -0.4 is 5.56 Å². The predicted octanol–water partition coefficient (Wildman–Crippen LogP) is 3.95. The maximum absolute atomic E-state index is 13.2. The van der Waals surface area contributed by atoms with Crippen molar-refractivity contribution in [2.24, 2.45) is 11.8 Å². The molecule has 0 unspecified atom stereocenters. The number of rotatable bonds is 3. The van der Waals surface area contributed by atoms with E-state index in [1.54, 1.807) is 0 Å². The second kappa shape index (κ2) is 9.05. The molecule has 0 spiro atoms. The molecule has 1 amide bonds. The molecule has 0 bridgehead atoms. The number of hydrogen-bond donors (Lipinski definition) is 1. The van der Waals surface area contributed by atoms with Crippen molar-refractivity contribution < 1.29 is 4.79 Å². The van der Waals surface area contributed by atoms with Crippen molar-refractivity contribution in [1.29, 1.82) is 0 Å². The van der Waals surface area contributed by atoms with E-state index in [1.807, 2.05) is 4.90 Å². The molecule has 170 valence electrons. The second-order valence-corrected chi connectivity index (χ2v) is 10.5. The zero-order valence-electron chi connectivity index (χ0n) is 19.1. The molecule has 0 radical (unpaired) electrons. The molecule has 1 atom stereocenters. The molecular weight excluding hydrogens is 388 g/mol. The number of nitrogens with zero attached hydrogens (tertiary/aromatic N) is 3. The van der Waals surface area contributed by atoms with Gasteiger partial charge in [0.2, 0.25) is 5.91 Å². The van der Waals surface area contributed by atoms with E-state index < -0.39 is 0 Å². The second-order valence-electron chi connectivity index (χ2n) is 10.5. The van der Waals surface area contributed by atoms with E-state index in [1.165, 1.54) is 44.9 Å². The molecule has 1 aromatic heterocycles. The summed E-state index contributed by atoms with van der Waals surface area (Å²) in [5.41, 5.74) is 1.85. The van der Waals surface area contributed by atoms with Crippen LogP contribution in [-0.2, 0) is 17.8 Å². The molecule has 6 nitrogen and oxygen atoms in total. The molecule has 1 saturated heterocycles. The molecule has 6 heteroatoms. The van der Waals surface area contributed by atoms with Crippen LogP contribution in [0.25, 0.3) is 0 Å². The zero-order valence-corrected chi connectivity index (χ0v) is 19.1. The smallest absolute Gasteiger partial charge is 0.255 e. The maximum Gasteiger partial charge on any atom is 0.255 e. The first-order valence-electron chi connectivity index (χ1n) is 12.8. The summed E-state index contributed by atoms with van der Waals surface area (Å²) in [4.78, 5) is 38.9. The fourth-order valence-electron chi connectivity index (χ4n) is 6.44. The van der Waals surface area contributed by atoms with Crippen molar-refractivity contribution in [2.75, 3.05) is 13.1 Å². The highest BCUT2D eigenvalue weighted by molar-refractivity contribution is 5.79. The van der Waals surface area contributed by atoms with Gasteiger partial charge in [0.1, 0.15) is 5.82 Å². The average molecular weight is 427 g/mol. The van der Waals surface area contributed by atoms with Crippen LogP contribution in [0, 0.1) is 11.8 Å². The molecule has 2 saturated carbocycles. The molecule has 3 heterocycles. The number of hydrogen-bond acceptors (Lipinski definition) is 4. The van der Waals surface area contributed by atoms with Crippen molar-refractivity contribution in [3.05, 3.63) is 27.4 Å². The number of fused-ring (bicyclic) bond motifs is 1. The highest BCUT2D eigenvalue weighted by Crippen LogP contribution is 2.35. The van der Waals surface area contributed by atoms with Gasteiger partial charge >= 0.3 is 0 Å². The Balaban J connectivity index is 1.32. The van der Waals surface area contributed by atoms with Gasteiger partial charge in [-0.2, -0.15) is 0 Å². The number of likely N-dealkylation sites (tertiary alicyclic amines) is 1. The van der Waals surface area contributed by atoms with Crippen LogP contribution in [0.3, 0.4) is 0 Å². The standard InChI is InChI=1S/C25H38N4O2/c1-17-9-11-19(12-10-17)28-15-13-21-20(16-28)24(30)27-23(26-21)22-8-5-14-29(22)25(31)18-6-3-2-4-7-18/h17-19,22H,2-16H2,1H3,(H,26,27,30)/t17?,19?,22-/m1/s1. The third-order valence-electron chi connectivity index (χ3n) is 8.42. The van der Waals surface area contributed by atoms with Crippen molar-refractivity contribution in [3.63, 3.8) is 0 Å². The Labute approximate surface area is 185 Å². The summed E-state index contributed by atoms with van der Waals surface area (Å²) < 4.78 is 0. The number of nitrogens with one attached hydrogen (secondary N) is 1. The van der Waals surface area contributed by atoms with Gasteiger partial charge in [-0.3, -0.25) is 14.5 Å². The number of H-pyrrole nitrogens is 1. The quantitative estimate of drug-likeness (QED) is 0.795. The minimum absolute atomic E-state index is 0.0193. The van der Waals surface area contributed by atoms with E-state index in [4.69, 9.17) is 4.98 Å². The summed E-state index contributed by atoms with van der Waals surface area (Å²) in [5, 5.41) is 0. The van der Waals surface area contributed by atoms with Crippen LogP contribution in [-0.4, -0.2) is 44.8 Å². The summed E-state index contributed by atoms with van der Waals surface area (Å²) in [5.74, 6) is 2.03. The van der Waals surface area contributed by atoms with Gasteiger partial charge in [0, 0.05) is 38.0 Å². The maximum atomic E-state index is 13.2.